The molecular formula is C11H14N4O3S. The van der Waals surface area contributed by atoms with E-state index in [0.717, 1.165) is 11.8 Å². The Bertz CT molecular complexity index is 501. The van der Waals surface area contributed by atoms with E-state index in [1.54, 1.807) is 0 Å². The number of hydrogen-bond donors (Lipinski definition) is 3. The molecule has 7 nitrogen and oxygen atoms in total. The molecule has 0 radical (unpaired) electrons. The van der Waals surface area contributed by atoms with Gasteiger partial charge in [-0.1, -0.05) is 11.8 Å². The zero-order valence-corrected chi connectivity index (χ0v) is 11.1. The SMILES string of the molecule is CC(=O)CS/C(=N/N)N(N)c1ccc(C(=O)O)cc1. The Labute approximate surface area is 114 Å². The molecule has 0 spiro atoms. The van der Waals surface area contributed by atoms with Crippen LogP contribution in [0.2, 0.25) is 0 Å². The third kappa shape index (κ3) is 4.27. The van der Waals surface area contributed by atoms with Gasteiger partial charge in [-0.2, -0.15) is 5.10 Å². The monoisotopic (exact) mass is 282 g/mol. The molecule has 1 aromatic rings. The first kappa shape index (κ1) is 15.0. The van der Waals surface area contributed by atoms with E-state index in [0.29, 0.717) is 5.69 Å². The van der Waals surface area contributed by atoms with Gasteiger partial charge in [-0.25, -0.2) is 10.6 Å². The Kier molecular flexibility index (Phi) is 5.34. The summed E-state index contributed by atoms with van der Waals surface area (Å²) in [6, 6.07) is 5.90. The van der Waals surface area contributed by atoms with E-state index in [9.17, 15) is 9.59 Å². The molecule has 0 heterocycles. The lowest BCUT2D eigenvalue weighted by Crippen LogP contribution is -2.36. The summed E-state index contributed by atoms with van der Waals surface area (Å²) in [6.45, 7) is 1.45. The van der Waals surface area contributed by atoms with Crippen LogP contribution in [-0.4, -0.2) is 27.8 Å². The molecule has 0 aliphatic rings. The van der Waals surface area contributed by atoms with Gasteiger partial charge in [-0.05, 0) is 31.2 Å². The summed E-state index contributed by atoms with van der Waals surface area (Å²) in [6.07, 6.45) is 0. The number of amidine groups is 1. The number of hydrazone groups is 1. The fourth-order valence-corrected chi connectivity index (χ4v) is 1.86. The van der Waals surface area contributed by atoms with Crippen molar-refractivity contribution in [1.29, 1.82) is 0 Å². The average Bonchev–Trinajstić information content (AvgIpc) is 2.39. The summed E-state index contributed by atoms with van der Waals surface area (Å²) in [5.74, 6) is 10.2. The van der Waals surface area contributed by atoms with Gasteiger partial charge in [-0.3, -0.25) is 9.80 Å². The summed E-state index contributed by atoms with van der Waals surface area (Å²) >= 11 is 1.10. The quantitative estimate of drug-likeness (QED) is 0.320. The molecule has 0 bridgehead atoms. The van der Waals surface area contributed by atoms with Crippen molar-refractivity contribution in [3.63, 3.8) is 0 Å². The van der Waals surface area contributed by atoms with Crippen molar-refractivity contribution in [2.75, 3.05) is 10.8 Å². The molecule has 5 N–H and O–H groups in total. The molecule has 0 aromatic heterocycles. The summed E-state index contributed by atoms with van der Waals surface area (Å²) < 4.78 is 0. The first-order valence-corrected chi connectivity index (χ1v) is 6.22. The van der Waals surface area contributed by atoms with Crippen LogP contribution in [0.4, 0.5) is 5.69 Å². The Morgan fingerprint density at radius 3 is 2.37 bits per heavy atom. The smallest absolute Gasteiger partial charge is 0.335 e. The van der Waals surface area contributed by atoms with Gasteiger partial charge < -0.3 is 10.9 Å². The molecule has 19 heavy (non-hydrogen) atoms. The fourth-order valence-electron chi connectivity index (χ4n) is 1.21. The van der Waals surface area contributed by atoms with Gasteiger partial charge in [0.15, 0.2) is 0 Å². The number of anilines is 1. The van der Waals surface area contributed by atoms with E-state index in [4.69, 9.17) is 16.8 Å². The highest BCUT2D eigenvalue weighted by Crippen LogP contribution is 2.17. The van der Waals surface area contributed by atoms with Crippen molar-refractivity contribution in [3.8, 4) is 0 Å². The van der Waals surface area contributed by atoms with Gasteiger partial charge >= 0.3 is 5.97 Å². The van der Waals surface area contributed by atoms with Crippen LogP contribution in [0.15, 0.2) is 29.4 Å². The van der Waals surface area contributed by atoms with Crippen LogP contribution >= 0.6 is 11.8 Å². The second-order valence-corrected chi connectivity index (χ2v) is 4.57. The minimum Gasteiger partial charge on any atom is -0.478 e. The van der Waals surface area contributed by atoms with E-state index in [1.807, 2.05) is 0 Å². The molecule has 0 fully saturated rings. The molecule has 1 aromatic carbocycles. The van der Waals surface area contributed by atoms with E-state index in [2.05, 4.69) is 5.10 Å². The van der Waals surface area contributed by atoms with Crippen molar-refractivity contribution in [2.24, 2.45) is 16.8 Å². The van der Waals surface area contributed by atoms with E-state index >= 15 is 0 Å². The van der Waals surface area contributed by atoms with Gasteiger partial charge in [0, 0.05) is 0 Å². The third-order valence-electron chi connectivity index (χ3n) is 2.11. The summed E-state index contributed by atoms with van der Waals surface area (Å²) in [7, 11) is 0. The van der Waals surface area contributed by atoms with Crippen molar-refractivity contribution in [2.45, 2.75) is 6.92 Å². The molecule has 0 unspecified atom stereocenters. The highest BCUT2D eigenvalue weighted by Gasteiger charge is 2.12. The summed E-state index contributed by atoms with van der Waals surface area (Å²) in [5, 5.41) is 13.7. The number of ketones is 1. The lowest BCUT2D eigenvalue weighted by atomic mass is 10.2. The number of aromatic carboxylic acids is 1. The van der Waals surface area contributed by atoms with E-state index in [-0.39, 0.29) is 22.3 Å². The van der Waals surface area contributed by atoms with E-state index < -0.39 is 5.97 Å². The van der Waals surface area contributed by atoms with Crippen LogP contribution < -0.4 is 16.7 Å². The summed E-state index contributed by atoms with van der Waals surface area (Å²) in [4.78, 5) is 21.6. The van der Waals surface area contributed by atoms with E-state index in [1.165, 1.54) is 36.2 Å². The normalized spacial score (nSPS) is 11.2. The predicted octanol–water partition coefficient (Wildman–Crippen LogP) is 0.617. The van der Waals surface area contributed by atoms with Gasteiger partial charge in [0.2, 0.25) is 5.17 Å². The number of nitrogens with zero attached hydrogens (tertiary/aromatic N) is 2. The number of hydrogen-bond acceptors (Lipinski definition) is 6. The number of nitrogens with two attached hydrogens (primary N) is 2. The fraction of sp³-hybridized carbons (Fsp3) is 0.182. The first-order valence-electron chi connectivity index (χ1n) is 5.24. The third-order valence-corrected chi connectivity index (χ3v) is 3.22. The zero-order valence-electron chi connectivity index (χ0n) is 10.2. The predicted molar refractivity (Wildman–Crippen MR) is 74.8 cm³/mol. The average molecular weight is 282 g/mol. The number of thioether (sulfide) groups is 1. The highest BCUT2D eigenvalue weighted by molar-refractivity contribution is 8.14. The maximum absolute atomic E-state index is 10.9. The maximum atomic E-state index is 10.9. The van der Waals surface area contributed by atoms with Crippen LogP contribution in [-0.2, 0) is 4.79 Å². The molecule has 8 heteroatoms. The number of carboxylic acids is 1. The van der Waals surface area contributed by atoms with Crippen molar-refractivity contribution >= 4 is 34.4 Å². The second kappa shape index (κ2) is 6.76. The largest absolute Gasteiger partial charge is 0.478 e. The van der Waals surface area contributed by atoms with Crippen LogP contribution in [0.25, 0.3) is 0 Å². The summed E-state index contributed by atoms with van der Waals surface area (Å²) in [5.41, 5.74) is 0.671. The minimum atomic E-state index is -1.02. The number of carbonyl (C=O) groups is 2. The number of benzene rings is 1. The van der Waals surface area contributed by atoms with Crippen molar-refractivity contribution in [3.05, 3.63) is 29.8 Å². The number of rotatable bonds is 4. The van der Waals surface area contributed by atoms with Crippen LogP contribution in [0.5, 0.6) is 0 Å². The number of carboxylic acid groups (broad SMARTS) is 1. The standard InChI is InChI=1S/C11H14N4O3S/c1-7(16)6-19-11(14-12)15(13)9-4-2-8(3-5-9)10(17)18/h2-5H,6,12-13H2,1H3,(H,17,18)/b14-11+. The Morgan fingerprint density at radius 2 is 1.95 bits per heavy atom. The molecular weight excluding hydrogens is 268 g/mol. The number of hydrazine groups is 1. The molecule has 0 aliphatic carbocycles. The zero-order chi connectivity index (χ0) is 14.4. The molecule has 0 saturated carbocycles. The highest BCUT2D eigenvalue weighted by atomic mass is 32.2. The Morgan fingerprint density at radius 1 is 1.37 bits per heavy atom. The number of Topliss-reactive ketones (excluding diaryl/α,β-unsaturated/α-hetero) is 1. The number of carbonyl (C=O) groups excluding carboxylic acids is 1. The first-order chi connectivity index (χ1) is 8.95. The van der Waals surface area contributed by atoms with Crippen molar-refractivity contribution < 1.29 is 14.7 Å². The van der Waals surface area contributed by atoms with Gasteiger partial charge in [0.1, 0.15) is 5.78 Å². The Balaban J connectivity index is 2.82. The molecule has 0 saturated heterocycles. The molecule has 0 aliphatic heterocycles. The molecule has 0 amide bonds. The topological polar surface area (TPSA) is 122 Å². The van der Waals surface area contributed by atoms with Crippen molar-refractivity contribution in [1.82, 2.24) is 0 Å². The Hall–Kier alpha value is -2.06. The maximum Gasteiger partial charge on any atom is 0.335 e. The molecule has 1 rings (SSSR count). The van der Waals surface area contributed by atoms with Crippen LogP contribution in [0.3, 0.4) is 0 Å². The lowest BCUT2D eigenvalue weighted by molar-refractivity contribution is -0.114. The van der Waals surface area contributed by atoms with Gasteiger partial charge in [0.05, 0.1) is 17.0 Å². The second-order valence-electron chi connectivity index (χ2n) is 3.62. The van der Waals surface area contributed by atoms with Gasteiger partial charge in [-0.15, -0.1) is 0 Å². The van der Waals surface area contributed by atoms with Crippen LogP contribution in [0, 0.1) is 0 Å². The minimum absolute atomic E-state index is 0.0271. The van der Waals surface area contributed by atoms with Gasteiger partial charge in [0.25, 0.3) is 0 Å². The molecule has 0 atom stereocenters. The molecule has 102 valence electrons. The van der Waals surface area contributed by atoms with Crippen LogP contribution in [0.1, 0.15) is 17.3 Å². The lowest BCUT2D eigenvalue weighted by Gasteiger charge is -2.19.